The molecule has 0 aliphatic heterocycles. The Bertz CT molecular complexity index is 2790. The molecule has 1 aliphatic rings. The van der Waals surface area contributed by atoms with E-state index in [1.165, 1.54) is 77.9 Å². The average Bonchev–Trinajstić information content (AvgIpc) is 3.53. The molecule has 0 radical (unpaired) electrons. The molecule has 1 aliphatic carbocycles. The summed E-state index contributed by atoms with van der Waals surface area (Å²) in [5.74, 6) is 0. The lowest BCUT2D eigenvalue weighted by molar-refractivity contribution is 0.660. The lowest BCUT2D eigenvalue weighted by Gasteiger charge is -2.27. The molecule has 0 aromatic heterocycles. The number of hydrogen-bond donors (Lipinski definition) is 0. The van der Waals surface area contributed by atoms with Gasteiger partial charge in [-0.1, -0.05) is 190 Å². The second-order valence-electron chi connectivity index (χ2n) is 15.8. The first-order chi connectivity index (χ1) is 28.5. The molecule has 9 aromatic carbocycles. The average molecular weight is 742 g/mol. The number of nitrogens with zero attached hydrogens (tertiary/aromatic N) is 1. The first-order valence-electron chi connectivity index (χ1n) is 20.2. The molecule has 0 saturated carbocycles. The third kappa shape index (κ3) is 6.41. The fourth-order valence-corrected chi connectivity index (χ4v) is 8.84. The van der Waals surface area contributed by atoms with Gasteiger partial charge in [0.1, 0.15) is 0 Å². The molecule has 9 aromatic rings. The molecule has 1 heteroatoms. The Kier molecular flexibility index (Phi) is 8.92. The van der Waals surface area contributed by atoms with Gasteiger partial charge in [0.2, 0.25) is 0 Å². The van der Waals surface area contributed by atoms with Crippen LogP contribution in [0.5, 0.6) is 0 Å². The SMILES string of the molecule is CC1(C)c2ccccc2-c2ccc(-c3cccc(-c4ccc(N(c5ccc(-c6ccccc6)cc5)c5ccc(-c6ccccc6)cc5)cc4-c4ccccc4)c3)cc21. The third-order valence-electron chi connectivity index (χ3n) is 11.9. The van der Waals surface area contributed by atoms with Gasteiger partial charge in [-0.15, -0.1) is 0 Å². The van der Waals surface area contributed by atoms with E-state index in [2.05, 4.69) is 243 Å². The predicted octanol–water partition coefficient (Wildman–Crippen LogP) is 15.8. The van der Waals surface area contributed by atoms with E-state index >= 15 is 0 Å². The zero-order valence-electron chi connectivity index (χ0n) is 32.8. The maximum Gasteiger partial charge on any atom is 0.0468 e. The lowest BCUT2D eigenvalue weighted by atomic mass is 9.81. The van der Waals surface area contributed by atoms with Crippen LogP contribution in [0.3, 0.4) is 0 Å². The van der Waals surface area contributed by atoms with Gasteiger partial charge >= 0.3 is 0 Å². The monoisotopic (exact) mass is 741 g/mol. The Balaban J connectivity index is 1.08. The second-order valence-corrected chi connectivity index (χ2v) is 15.8. The van der Waals surface area contributed by atoms with Crippen LogP contribution >= 0.6 is 0 Å². The number of benzene rings is 9. The van der Waals surface area contributed by atoms with Crippen LogP contribution < -0.4 is 4.90 Å². The van der Waals surface area contributed by atoms with Gasteiger partial charge in [0.25, 0.3) is 0 Å². The molecular weight excluding hydrogens is 699 g/mol. The van der Waals surface area contributed by atoms with E-state index in [9.17, 15) is 0 Å². The molecule has 0 spiro atoms. The van der Waals surface area contributed by atoms with Crippen molar-refractivity contribution in [2.45, 2.75) is 19.3 Å². The summed E-state index contributed by atoms with van der Waals surface area (Å²) in [6.45, 7) is 4.70. The standard InChI is InChI=1S/C57H43N/c1-57(2)55-24-13-12-23-52(55)53-35-29-46(38-56(53)57)45-21-14-22-47(37-45)51-36-34-50(39-54(51)44-19-10-5-11-20-44)58(48-30-25-42(26-31-48)40-15-6-3-7-16-40)49-32-27-43(28-33-49)41-17-8-4-9-18-41/h3-39H,1-2H3. The van der Waals surface area contributed by atoms with Gasteiger partial charge in [0, 0.05) is 22.5 Å². The smallest absolute Gasteiger partial charge is 0.0468 e. The fraction of sp³-hybridized carbons (Fsp3) is 0.0526. The van der Waals surface area contributed by atoms with Gasteiger partial charge in [-0.25, -0.2) is 0 Å². The zero-order valence-corrected chi connectivity index (χ0v) is 32.8. The highest BCUT2D eigenvalue weighted by Gasteiger charge is 2.35. The lowest BCUT2D eigenvalue weighted by Crippen LogP contribution is -2.14. The van der Waals surface area contributed by atoms with E-state index in [0.717, 1.165) is 17.1 Å². The number of anilines is 3. The molecule has 0 amide bonds. The Hall–Kier alpha value is -7.22. The van der Waals surface area contributed by atoms with Crippen LogP contribution in [-0.4, -0.2) is 0 Å². The molecule has 276 valence electrons. The van der Waals surface area contributed by atoms with Gasteiger partial charge in [-0.3, -0.25) is 0 Å². The Morgan fingerprint density at radius 2 is 0.690 bits per heavy atom. The quantitative estimate of drug-likeness (QED) is 0.150. The summed E-state index contributed by atoms with van der Waals surface area (Å²) < 4.78 is 0. The van der Waals surface area contributed by atoms with Crippen LogP contribution in [0, 0.1) is 0 Å². The number of fused-ring (bicyclic) bond motifs is 3. The largest absolute Gasteiger partial charge is 0.310 e. The molecule has 0 bridgehead atoms. The maximum absolute atomic E-state index is 2.42. The topological polar surface area (TPSA) is 3.24 Å². The van der Waals surface area contributed by atoms with Gasteiger partial charge < -0.3 is 4.90 Å². The summed E-state index contributed by atoms with van der Waals surface area (Å²) in [7, 11) is 0. The highest BCUT2D eigenvalue weighted by Crippen LogP contribution is 2.50. The molecular formula is C57H43N. The van der Waals surface area contributed by atoms with Crippen LogP contribution in [0.4, 0.5) is 17.1 Å². The van der Waals surface area contributed by atoms with Crippen molar-refractivity contribution in [3.8, 4) is 66.8 Å². The Morgan fingerprint density at radius 3 is 1.31 bits per heavy atom. The molecule has 0 atom stereocenters. The summed E-state index contributed by atoms with van der Waals surface area (Å²) in [5.41, 5.74) is 20.7. The Labute approximate surface area is 342 Å². The van der Waals surface area contributed by atoms with Crippen molar-refractivity contribution in [1.82, 2.24) is 0 Å². The van der Waals surface area contributed by atoms with Gasteiger partial charge in [0.05, 0.1) is 0 Å². The van der Waals surface area contributed by atoms with E-state index < -0.39 is 0 Å². The minimum absolute atomic E-state index is 0.0501. The van der Waals surface area contributed by atoms with Crippen LogP contribution in [0.15, 0.2) is 224 Å². The van der Waals surface area contributed by atoms with Gasteiger partial charge in [-0.2, -0.15) is 0 Å². The maximum atomic E-state index is 2.42. The summed E-state index contributed by atoms with van der Waals surface area (Å²) in [6.07, 6.45) is 0. The minimum atomic E-state index is -0.0501. The third-order valence-corrected chi connectivity index (χ3v) is 11.9. The van der Waals surface area contributed by atoms with Crippen molar-refractivity contribution in [3.63, 3.8) is 0 Å². The molecule has 0 unspecified atom stereocenters. The predicted molar refractivity (Wildman–Crippen MR) is 246 cm³/mol. The van der Waals surface area contributed by atoms with Crippen LogP contribution in [-0.2, 0) is 5.41 Å². The molecule has 58 heavy (non-hydrogen) atoms. The minimum Gasteiger partial charge on any atom is -0.310 e. The van der Waals surface area contributed by atoms with Crippen LogP contribution in [0.2, 0.25) is 0 Å². The summed E-state index contributed by atoms with van der Waals surface area (Å²) in [6, 6.07) is 81.8. The van der Waals surface area contributed by atoms with Gasteiger partial charge in [-0.05, 0) is 126 Å². The first kappa shape index (κ1) is 35.2. The highest BCUT2D eigenvalue weighted by molar-refractivity contribution is 5.91. The van der Waals surface area contributed by atoms with Crippen molar-refractivity contribution >= 4 is 17.1 Å². The number of hydrogen-bond acceptors (Lipinski definition) is 1. The molecule has 0 N–H and O–H groups in total. The number of rotatable bonds is 8. The molecule has 10 rings (SSSR count). The normalized spacial score (nSPS) is 12.4. The molecule has 0 saturated heterocycles. The van der Waals surface area contributed by atoms with E-state index in [1.807, 2.05) is 0 Å². The van der Waals surface area contributed by atoms with E-state index in [1.54, 1.807) is 0 Å². The van der Waals surface area contributed by atoms with Gasteiger partial charge in [0.15, 0.2) is 0 Å². The van der Waals surface area contributed by atoms with Crippen molar-refractivity contribution in [2.24, 2.45) is 0 Å². The Morgan fingerprint density at radius 1 is 0.259 bits per heavy atom. The van der Waals surface area contributed by atoms with E-state index in [0.29, 0.717) is 0 Å². The van der Waals surface area contributed by atoms with E-state index in [4.69, 9.17) is 0 Å². The van der Waals surface area contributed by atoms with Crippen LogP contribution in [0.1, 0.15) is 25.0 Å². The van der Waals surface area contributed by atoms with Crippen molar-refractivity contribution in [3.05, 3.63) is 236 Å². The zero-order chi connectivity index (χ0) is 39.1. The highest BCUT2D eigenvalue weighted by atomic mass is 15.1. The first-order valence-corrected chi connectivity index (χ1v) is 20.2. The molecule has 1 nitrogen and oxygen atoms in total. The molecule has 0 heterocycles. The van der Waals surface area contributed by atoms with E-state index in [-0.39, 0.29) is 5.41 Å². The van der Waals surface area contributed by atoms with Crippen molar-refractivity contribution in [2.75, 3.05) is 4.90 Å². The second kappa shape index (κ2) is 14.7. The summed E-state index contributed by atoms with van der Waals surface area (Å²) >= 11 is 0. The van der Waals surface area contributed by atoms with Crippen molar-refractivity contribution in [1.29, 1.82) is 0 Å². The van der Waals surface area contributed by atoms with Crippen LogP contribution in [0.25, 0.3) is 66.8 Å². The summed E-state index contributed by atoms with van der Waals surface area (Å²) in [4.78, 5) is 2.38. The fourth-order valence-electron chi connectivity index (χ4n) is 8.84. The van der Waals surface area contributed by atoms with Crippen molar-refractivity contribution < 1.29 is 0 Å². The molecule has 0 fully saturated rings. The summed E-state index contributed by atoms with van der Waals surface area (Å²) in [5, 5.41) is 0.